The number of benzene rings is 2. The van der Waals surface area contributed by atoms with Crippen LogP contribution in [0.2, 0.25) is 0 Å². The van der Waals surface area contributed by atoms with Crippen LogP contribution < -0.4 is 5.32 Å². The number of rotatable bonds is 4. The van der Waals surface area contributed by atoms with Gasteiger partial charge in [0.05, 0.1) is 12.2 Å². The Kier molecular flexibility index (Phi) is 6.65. The number of likely N-dealkylation sites (tertiary alicyclic amines) is 1. The van der Waals surface area contributed by atoms with E-state index in [1.165, 1.54) is 9.80 Å². The van der Waals surface area contributed by atoms with Gasteiger partial charge < -0.3 is 15.0 Å². The fraction of sp³-hybridized carbons (Fsp3) is 0.400. The molecule has 1 atom stereocenters. The maximum absolute atomic E-state index is 14.1. The Hall–Kier alpha value is -3.33. The number of ether oxygens (including phenoxy) is 1. The lowest BCUT2D eigenvalue weighted by molar-refractivity contribution is -0.128. The van der Waals surface area contributed by atoms with Crippen LogP contribution in [-0.4, -0.2) is 65.0 Å². The van der Waals surface area contributed by atoms with E-state index >= 15 is 0 Å². The lowest BCUT2D eigenvalue weighted by atomic mass is 9.96. The van der Waals surface area contributed by atoms with Gasteiger partial charge in [0.1, 0.15) is 23.4 Å². The van der Waals surface area contributed by atoms with Gasteiger partial charge in [-0.3, -0.25) is 19.3 Å². The summed E-state index contributed by atoms with van der Waals surface area (Å²) in [6, 6.07) is 10.6. The van der Waals surface area contributed by atoms with E-state index in [0.717, 1.165) is 12.1 Å². The van der Waals surface area contributed by atoms with E-state index < -0.39 is 29.3 Å². The van der Waals surface area contributed by atoms with Crippen molar-refractivity contribution in [2.45, 2.75) is 44.5 Å². The van der Waals surface area contributed by atoms with Crippen LogP contribution in [0.15, 0.2) is 48.5 Å². The molecule has 2 aliphatic heterocycles. The molecule has 34 heavy (non-hydrogen) atoms. The third kappa shape index (κ3) is 4.52. The number of nitrogens with zero attached hydrogens (tertiary/aromatic N) is 2. The average molecular weight is 472 g/mol. The van der Waals surface area contributed by atoms with Gasteiger partial charge in [0.2, 0.25) is 5.91 Å². The molecule has 2 fully saturated rings. The molecular weight excluding hydrogens is 444 g/mol. The number of hydrogen-bond acceptors (Lipinski definition) is 4. The molecule has 2 saturated heterocycles. The molecule has 3 amide bonds. The molecule has 1 N–H and O–H groups in total. The minimum atomic E-state index is -1.07. The molecule has 4 rings (SSSR count). The zero-order chi connectivity index (χ0) is 24.5. The van der Waals surface area contributed by atoms with Gasteiger partial charge >= 0.3 is 0 Å². The van der Waals surface area contributed by atoms with Crippen LogP contribution in [0.5, 0.6) is 0 Å². The Balaban J connectivity index is 1.57. The quantitative estimate of drug-likeness (QED) is 0.744. The number of carbonyl (C=O) groups is 3. The summed E-state index contributed by atoms with van der Waals surface area (Å²) in [7, 11) is 0. The number of carbonyl (C=O) groups excluding carboxylic acids is 3. The Morgan fingerprint density at radius 2 is 1.71 bits per heavy atom. The molecule has 0 aliphatic carbocycles. The summed E-state index contributed by atoms with van der Waals surface area (Å²) >= 11 is 0. The predicted octanol–water partition coefficient (Wildman–Crippen LogP) is 2.96. The summed E-state index contributed by atoms with van der Waals surface area (Å²) in [5.41, 5.74) is -0.845. The summed E-state index contributed by atoms with van der Waals surface area (Å²) in [4.78, 5) is 42.3. The first-order chi connectivity index (χ1) is 16.2. The van der Waals surface area contributed by atoms with Crippen molar-refractivity contribution in [3.05, 3.63) is 71.3 Å². The van der Waals surface area contributed by atoms with E-state index in [2.05, 4.69) is 5.32 Å². The predicted molar refractivity (Wildman–Crippen MR) is 120 cm³/mol. The maximum Gasteiger partial charge on any atom is 0.256 e. The molecule has 7 nitrogen and oxygen atoms in total. The first-order valence-corrected chi connectivity index (χ1v) is 11.3. The summed E-state index contributed by atoms with van der Waals surface area (Å²) in [6.07, 6.45) is 0.511. The Morgan fingerprint density at radius 3 is 2.32 bits per heavy atom. The fourth-order valence-electron chi connectivity index (χ4n) is 4.56. The van der Waals surface area contributed by atoms with E-state index in [9.17, 15) is 23.2 Å². The lowest BCUT2D eigenvalue weighted by Crippen LogP contribution is -2.60. The van der Waals surface area contributed by atoms with Crippen LogP contribution in [-0.2, 0) is 9.53 Å². The van der Waals surface area contributed by atoms with Gasteiger partial charge in [0.25, 0.3) is 11.8 Å². The zero-order valence-corrected chi connectivity index (χ0v) is 19.1. The molecule has 180 valence electrons. The minimum Gasteiger partial charge on any atom is -0.353 e. The maximum atomic E-state index is 14.1. The lowest BCUT2D eigenvalue weighted by Gasteiger charge is -2.44. The molecule has 1 spiro atoms. The van der Waals surface area contributed by atoms with Crippen molar-refractivity contribution in [3.8, 4) is 0 Å². The number of piperidine rings is 1. The molecule has 9 heteroatoms. The Labute approximate surface area is 196 Å². The third-order valence-electron chi connectivity index (χ3n) is 6.23. The molecular formula is C25H27F2N3O4. The van der Waals surface area contributed by atoms with Crippen molar-refractivity contribution < 1.29 is 27.9 Å². The number of nitrogens with one attached hydrogen (secondary N) is 1. The first kappa shape index (κ1) is 23.8. The summed E-state index contributed by atoms with van der Waals surface area (Å²) in [5, 5.41) is 2.85. The molecule has 0 bridgehead atoms. The first-order valence-electron chi connectivity index (χ1n) is 11.3. The average Bonchev–Trinajstić information content (AvgIpc) is 3.17. The number of halogens is 2. The van der Waals surface area contributed by atoms with Crippen molar-refractivity contribution >= 4 is 17.7 Å². The molecule has 0 saturated carbocycles. The van der Waals surface area contributed by atoms with E-state index in [0.29, 0.717) is 11.6 Å². The van der Waals surface area contributed by atoms with Gasteiger partial charge in [-0.05, 0) is 38.1 Å². The smallest absolute Gasteiger partial charge is 0.256 e. The molecule has 2 heterocycles. The Bertz CT molecular complexity index is 1080. The molecule has 0 aromatic heterocycles. The van der Waals surface area contributed by atoms with Crippen LogP contribution in [0.25, 0.3) is 0 Å². The largest absolute Gasteiger partial charge is 0.353 e. The van der Waals surface area contributed by atoms with Crippen LogP contribution in [0, 0.1) is 11.6 Å². The van der Waals surface area contributed by atoms with E-state index in [1.54, 1.807) is 30.3 Å². The van der Waals surface area contributed by atoms with Crippen molar-refractivity contribution in [1.82, 2.24) is 15.1 Å². The fourth-order valence-corrected chi connectivity index (χ4v) is 4.56. The monoisotopic (exact) mass is 471 g/mol. The molecule has 0 radical (unpaired) electrons. The van der Waals surface area contributed by atoms with Gasteiger partial charge in [-0.15, -0.1) is 0 Å². The van der Waals surface area contributed by atoms with E-state index in [-0.39, 0.29) is 56.0 Å². The highest BCUT2D eigenvalue weighted by atomic mass is 19.1. The Morgan fingerprint density at radius 1 is 1.03 bits per heavy atom. The second-order valence-electron chi connectivity index (χ2n) is 8.89. The standard InChI is InChI=1S/C25H27F2N3O4/c1-16(2)28-22(31)21-15-34-25(30(21)23(32)17-6-4-3-5-7-17)10-12-29(13-11-25)24(33)19-9-8-18(26)14-20(19)27/h3-9,14,16,21H,10-13,15H2,1-2H3,(H,28,31). The van der Waals surface area contributed by atoms with E-state index in [4.69, 9.17) is 4.74 Å². The highest BCUT2D eigenvalue weighted by molar-refractivity contribution is 5.98. The zero-order valence-electron chi connectivity index (χ0n) is 19.1. The highest BCUT2D eigenvalue weighted by Crippen LogP contribution is 2.39. The second kappa shape index (κ2) is 9.50. The van der Waals surface area contributed by atoms with Gasteiger partial charge in [-0.2, -0.15) is 0 Å². The minimum absolute atomic E-state index is 0.0393. The van der Waals surface area contributed by atoms with Gasteiger partial charge in [0, 0.05) is 43.6 Å². The van der Waals surface area contributed by atoms with Crippen LogP contribution in [0.4, 0.5) is 8.78 Å². The topological polar surface area (TPSA) is 79.0 Å². The van der Waals surface area contributed by atoms with Crippen molar-refractivity contribution in [2.75, 3.05) is 19.7 Å². The van der Waals surface area contributed by atoms with Crippen molar-refractivity contribution in [1.29, 1.82) is 0 Å². The number of amides is 3. The van der Waals surface area contributed by atoms with Crippen LogP contribution >= 0.6 is 0 Å². The molecule has 2 aromatic rings. The van der Waals surface area contributed by atoms with Crippen molar-refractivity contribution in [2.24, 2.45) is 0 Å². The normalized spacial score (nSPS) is 19.5. The van der Waals surface area contributed by atoms with Gasteiger partial charge in [-0.25, -0.2) is 8.78 Å². The van der Waals surface area contributed by atoms with Crippen LogP contribution in [0.1, 0.15) is 47.4 Å². The van der Waals surface area contributed by atoms with Gasteiger partial charge in [-0.1, -0.05) is 18.2 Å². The summed E-state index contributed by atoms with van der Waals surface area (Å²) in [6.45, 7) is 4.09. The molecule has 2 aromatic carbocycles. The molecule has 1 unspecified atom stereocenters. The van der Waals surface area contributed by atoms with Crippen molar-refractivity contribution in [3.63, 3.8) is 0 Å². The summed E-state index contributed by atoms with van der Waals surface area (Å²) < 4.78 is 33.5. The van der Waals surface area contributed by atoms with Gasteiger partial charge in [0.15, 0.2) is 0 Å². The summed E-state index contributed by atoms with van der Waals surface area (Å²) in [5.74, 6) is -2.87. The second-order valence-corrected chi connectivity index (χ2v) is 8.89. The number of hydrogen-bond donors (Lipinski definition) is 1. The molecule has 2 aliphatic rings. The third-order valence-corrected chi connectivity index (χ3v) is 6.23. The van der Waals surface area contributed by atoms with E-state index in [1.807, 2.05) is 13.8 Å². The SMILES string of the molecule is CC(C)NC(=O)C1COC2(CCN(C(=O)c3ccc(F)cc3F)CC2)N1C(=O)c1ccccc1. The highest BCUT2D eigenvalue weighted by Gasteiger charge is 2.54. The van der Waals surface area contributed by atoms with Crippen LogP contribution in [0.3, 0.4) is 0 Å².